The summed E-state index contributed by atoms with van der Waals surface area (Å²) in [6.07, 6.45) is 0. The molecule has 3 aromatic rings. The molecule has 0 saturated heterocycles. The van der Waals surface area contributed by atoms with Gasteiger partial charge in [-0.05, 0) is 68.4 Å². The number of amides is 1. The van der Waals surface area contributed by atoms with Gasteiger partial charge in [-0.25, -0.2) is 12.8 Å². The van der Waals surface area contributed by atoms with Gasteiger partial charge in [-0.1, -0.05) is 29.3 Å². The summed E-state index contributed by atoms with van der Waals surface area (Å²) in [7, 11) is -3.71. The van der Waals surface area contributed by atoms with Crippen molar-refractivity contribution in [3.63, 3.8) is 0 Å². The van der Waals surface area contributed by atoms with Crippen molar-refractivity contribution in [2.45, 2.75) is 18.7 Å². The molecule has 168 valence electrons. The Morgan fingerprint density at radius 1 is 1.06 bits per heavy atom. The minimum Gasteiger partial charge on any atom is -0.484 e. The highest BCUT2D eigenvalue weighted by atomic mass is 35.5. The number of carbonyl (C=O) groups excluding carboxylic acids is 1. The van der Waals surface area contributed by atoms with Gasteiger partial charge >= 0.3 is 0 Å². The van der Waals surface area contributed by atoms with E-state index in [9.17, 15) is 17.6 Å². The van der Waals surface area contributed by atoms with E-state index in [0.29, 0.717) is 17.1 Å². The minimum atomic E-state index is -3.71. The van der Waals surface area contributed by atoms with Gasteiger partial charge in [0, 0.05) is 12.2 Å². The Bertz CT molecular complexity index is 1200. The molecule has 0 fully saturated rings. The molecule has 0 aromatic heterocycles. The Morgan fingerprint density at radius 3 is 2.31 bits per heavy atom. The van der Waals surface area contributed by atoms with Crippen molar-refractivity contribution in [3.8, 4) is 5.75 Å². The average molecular weight is 477 g/mol. The maximum atomic E-state index is 13.2. The minimum absolute atomic E-state index is 0.0969. The fraction of sp³-hybridized carbons (Fsp3) is 0.174. The molecule has 0 heterocycles. The van der Waals surface area contributed by atoms with Gasteiger partial charge in [0.05, 0.1) is 15.6 Å². The lowest BCUT2D eigenvalue weighted by molar-refractivity contribution is -0.118. The van der Waals surface area contributed by atoms with E-state index in [1.54, 1.807) is 55.5 Å². The number of ether oxygens (including phenoxy) is 1. The smallest absolute Gasteiger partial charge is 0.264 e. The highest BCUT2D eigenvalue weighted by molar-refractivity contribution is 7.92. The molecule has 0 unspecified atom stereocenters. The van der Waals surface area contributed by atoms with Crippen LogP contribution in [0.5, 0.6) is 5.75 Å². The van der Waals surface area contributed by atoms with E-state index in [2.05, 4.69) is 5.32 Å². The van der Waals surface area contributed by atoms with Crippen LogP contribution in [-0.4, -0.2) is 27.5 Å². The van der Waals surface area contributed by atoms with Gasteiger partial charge in [0.2, 0.25) is 0 Å². The number of benzene rings is 3. The van der Waals surface area contributed by atoms with Crippen molar-refractivity contribution in [1.29, 1.82) is 0 Å². The monoisotopic (exact) mass is 476 g/mol. The first kappa shape index (κ1) is 23.6. The largest absolute Gasteiger partial charge is 0.484 e. The SMILES string of the molecule is CCN(c1ccc(OCC(=O)Nc2ccc(F)c(Cl)c2)cc1)S(=O)(=O)c1ccc(C)cc1. The molecule has 6 nitrogen and oxygen atoms in total. The van der Waals surface area contributed by atoms with Crippen LogP contribution in [0.3, 0.4) is 0 Å². The molecule has 3 rings (SSSR count). The Kier molecular flexibility index (Phi) is 7.37. The summed E-state index contributed by atoms with van der Waals surface area (Å²) >= 11 is 5.70. The third-order valence-electron chi connectivity index (χ3n) is 4.59. The first-order valence-corrected chi connectivity index (χ1v) is 11.6. The number of rotatable bonds is 8. The first-order valence-electron chi connectivity index (χ1n) is 9.78. The Morgan fingerprint density at radius 2 is 1.72 bits per heavy atom. The van der Waals surface area contributed by atoms with E-state index in [0.717, 1.165) is 11.6 Å². The quantitative estimate of drug-likeness (QED) is 0.495. The summed E-state index contributed by atoms with van der Waals surface area (Å²) in [5.74, 6) is -0.634. The zero-order chi connectivity index (χ0) is 23.3. The number of anilines is 2. The summed E-state index contributed by atoms with van der Waals surface area (Å²) in [5.41, 5.74) is 1.80. The van der Waals surface area contributed by atoms with Crippen LogP contribution in [0.25, 0.3) is 0 Å². The molecule has 3 aromatic carbocycles. The second-order valence-corrected chi connectivity index (χ2v) is 9.21. The molecule has 0 atom stereocenters. The number of halogens is 2. The summed E-state index contributed by atoms with van der Waals surface area (Å²) in [6, 6.07) is 16.9. The molecule has 9 heteroatoms. The van der Waals surface area contributed by atoms with Crippen molar-refractivity contribution in [1.82, 2.24) is 0 Å². The number of hydrogen-bond acceptors (Lipinski definition) is 4. The summed E-state index contributed by atoms with van der Waals surface area (Å²) in [5, 5.41) is 2.46. The third-order valence-corrected chi connectivity index (χ3v) is 6.80. The summed E-state index contributed by atoms with van der Waals surface area (Å²) in [6.45, 7) is 3.61. The fourth-order valence-corrected chi connectivity index (χ4v) is 4.61. The predicted octanol–water partition coefficient (Wildman–Crippen LogP) is 5.02. The number of hydrogen-bond donors (Lipinski definition) is 1. The number of nitrogens with zero attached hydrogens (tertiary/aromatic N) is 1. The van der Waals surface area contributed by atoms with Crippen LogP contribution < -0.4 is 14.4 Å². The molecule has 32 heavy (non-hydrogen) atoms. The normalized spacial score (nSPS) is 11.1. The van der Waals surface area contributed by atoms with Gasteiger partial charge in [0.1, 0.15) is 11.6 Å². The van der Waals surface area contributed by atoms with Crippen LogP contribution in [0.4, 0.5) is 15.8 Å². The van der Waals surface area contributed by atoms with Crippen LogP contribution >= 0.6 is 11.6 Å². The van der Waals surface area contributed by atoms with E-state index in [-0.39, 0.29) is 23.1 Å². The van der Waals surface area contributed by atoms with Gasteiger partial charge in [-0.3, -0.25) is 9.10 Å². The van der Waals surface area contributed by atoms with Gasteiger partial charge in [-0.2, -0.15) is 0 Å². The van der Waals surface area contributed by atoms with Crippen molar-refractivity contribution in [3.05, 3.63) is 83.1 Å². The van der Waals surface area contributed by atoms with E-state index < -0.39 is 21.7 Å². The van der Waals surface area contributed by atoms with Gasteiger partial charge in [0.15, 0.2) is 6.61 Å². The number of nitrogens with one attached hydrogen (secondary N) is 1. The number of sulfonamides is 1. The van der Waals surface area contributed by atoms with Crippen molar-refractivity contribution >= 4 is 38.9 Å². The van der Waals surface area contributed by atoms with E-state index >= 15 is 0 Å². The maximum Gasteiger partial charge on any atom is 0.264 e. The topological polar surface area (TPSA) is 75.7 Å². The van der Waals surface area contributed by atoms with E-state index in [1.165, 1.54) is 16.4 Å². The molecule has 1 amide bonds. The van der Waals surface area contributed by atoms with E-state index in [1.807, 2.05) is 6.92 Å². The Balaban J connectivity index is 1.65. The van der Waals surface area contributed by atoms with Crippen LogP contribution in [0.2, 0.25) is 5.02 Å². The molecule has 0 aliphatic heterocycles. The zero-order valence-corrected chi connectivity index (χ0v) is 19.1. The maximum absolute atomic E-state index is 13.2. The average Bonchev–Trinajstić information content (AvgIpc) is 2.76. The van der Waals surface area contributed by atoms with Crippen molar-refractivity contribution < 1.29 is 22.3 Å². The lowest BCUT2D eigenvalue weighted by atomic mass is 10.2. The second kappa shape index (κ2) is 10.0. The molecule has 0 aliphatic carbocycles. The highest BCUT2D eigenvalue weighted by Crippen LogP contribution is 2.26. The van der Waals surface area contributed by atoms with Gasteiger partial charge < -0.3 is 10.1 Å². The number of aryl methyl sites for hydroxylation is 1. The third kappa shape index (κ3) is 5.57. The summed E-state index contributed by atoms with van der Waals surface area (Å²) < 4.78 is 46.0. The van der Waals surface area contributed by atoms with Gasteiger partial charge in [-0.15, -0.1) is 0 Å². The van der Waals surface area contributed by atoms with Crippen molar-refractivity contribution in [2.24, 2.45) is 0 Å². The fourth-order valence-electron chi connectivity index (χ4n) is 2.96. The molecule has 0 bridgehead atoms. The highest BCUT2D eigenvalue weighted by Gasteiger charge is 2.23. The molecular formula is C23H22ClFN2O4S. The standard InChI is InChI=1S/C23H22ClFN2O4S/c1-3-27(32(29,30)20-11-4-16(2)5-12-20)18-7-9-19(10-8-18)31-15-23(28)26-17-6-13-22(25)21(24)14-17/h4-14H,3,15H2,1-2H3,(H,26,28). The molecular weight excluding hydrogens is 455 g/mol. The molecule has 0 aliphatic rings. The van der Waals surface area contributed by atoms with Gasteiger partial charge in [0.25, 0.3) is 15.9 Å². The lowest BCUT2D eigenvalue weighted by Gasteiger charge is -2.23. The Hall–Kier alpha value is -3.10. The van der Waals surface area contributed by atoms with E-state index in [4.69, 9.17) is 16.3 Å². The van der Waals surface area contributed by atoms with Crippen LogP contribution in [0, 0.1) is 12.7 Å². The molecule has 0 saturated carbocycles. The second-order valence-electron chi connectivity index (χ2n) is 6.94. The molecule has 0 spiro atoms. The van der Waals surface area contributed by atoms with Crippen LogP contribution in [-0.2, 0) is 14.8 Å². The van der Waals surface area contributed by atoms with Crippen LogP contribution in [0.15, 0.2) is 71.6 Å². The predicted molar refractivity (Wildman–Crippen MR) is 123 cm³/mol. The first-order chi connectivity index (χ1) is 15.2. The summed E-state index contributed by atoms with van der Waals surface area (Å²) in [4.78, 5) is 12.3. The lowest BCUT2D eigenvalue weighted by Crippen LogP contribution is -2.30. The molecule has 0 radical (unpaired) electrons. The number of carbonyl (C=O) groups is 1. The Labute approximate surface area is 191 Å². The van der Waals surface area contributed by atoms with Crippen molar-refractivity contribution in [2.75, 3.05) is 22.8 Å². The molecule has 1 N–H and O–H groups in total. The van der Waals surface area contributed by atoms with Crippen LogP contribution in [0.1, 0.15) is 12.5 Å². The zero-order valence-electron chi connectivity index (χ0n) is 17.5.